The van der Waals surface area contributed by atoms with Crippen LogP contribution in [0.4, 0.5) is 5.13 Å². The highest BCUT2D eigenvalue weighted by atomic mass is 32.1. The molecule has 3 rings (SSSR count). The summed E-state index contributed by atoms with van der Waals surface area (Å²) in [5.74, 6) is -0.159. The van der Waals surface area contributed by atoms with Gasteiger partial charge in [-0.15, -0.1) is 11.3 Å². The molecule has 1 aliphatic carbocycles. The van der Waals surface area contributed by atoms with Crippen molar-refractivity contribution in [1.29, 1.82) is 0 Å². The maximum Gasteiger partial charge on any atom is 0.243 e. The molecule has 1 aliphatic rings. The number of fused-ring (bicyclic) bond motifs is 1. The van der Waals surface area contributed by atoms with E-state index in [0.717, 1.165) is 24.1 Å². The molecule has 0 saturated carbocycles. The molecule has 2 aromatic rings. The van der Waals surface area contributed by atoms with Crippen LogP contribution in [0, 0.1) is 0 Å². The van der Waals surface area contributed by atoms with Crippen LogP contribution >= 0.6 is 11.3 Å². The fourth-order valence-electron chi connectivity index (χ4n) is 2.74. The number of benzene rings is 1. The number of amides is 1. The third-order valence-electron chi connectivity index (χ3n) is 3.96. The maximum absolute atomic E-state index is 12.2. The molecule has 3 N–H and O–H groups in total. The van der Waals surface area contributed by atoms with Crippen LogP contribution < -0.4 is 11.1 Å². The molecule has 0 saturated heterocycles. The first-order chi connectivity index (χ1) is 10.7. The number of thiazole rings is 1. The number of nitrogens with two attached hydrogens (primary N) is 1. The Bertz CT molecular complexity index is 615. The Balaban J connectivity index is 1.61. The van der Waals surface area contributed by atoms with Crippen LogP contribution in [0.15, 0.2) is 30.3 Å². The third kappa shape index (κ3) is 3.72. The molecule has 1 heterocycles. The van der Waals surface area contributed by atoms with Crippen LogP contribution in [0.1, 0.15) is 35.4 Å². The number of carbonyl (C=O) groups excluding carboxylic acids is 1. The number of rotatable bonds is 4. The van der Waals surface area contributed by atoms with E-state index >= 15 is 0 Å². The lowest BCUT2D eigenvalue weighted by Crippen LogP contribution is -2.37. The van der Waals surface area contributed by atoms with E-state index in [9.17, 15) is 4.79 Å². The molecule has 0 bridgehead atoms. The van der Waals surface area contributed by atoms with Gasteiger partial charge in [0.05, 0.1) is 11.7 Å². The minimum atomic E-state index is -0.550. The van der Waals surface area contributed by atoms with E-state index < -0.39 is 6.04 Å². The zero-order valence-electron chi connectivity index (χ0n) is 12.5. The molecular formula is C17H21N3OS. The van der Waals surface area contributed by atoms with Gasteiger partial charge in [-0.25, -0.2) is 4.98 Å². The average molecular weight is 315 g/mol. The summed E-state index contributed by atoms with van der Waals surface area (Å²) < 4.78 is 0. The summed E-state index contributed by atoms with van der Waals surface area (Å²) in [6.45, 7) is 0. The van der Waals surface area contributed by atoms with Gasteiger partial charge in [0.2, 0.25) is 5.91 Å². The van der Waals surface area contributed by atoms with E-state index in [1.54, 1.807) is 11.3 Å². The molecule has 1 unspecified atom stereocenters. The summed E-state index contributed by atoms with van der Waals surface area (Å²) in [5.41, 5.74) is 8.24. The average Bonchev–Trinajstić information content (AvgIpc) is 2.77. The van der Waals surface area contributed by atoms with Crippen LogP contribution in [0.5, 0.6) is 0 Å². The Morgan fingerprint density at radius 2 is 2.00 bits per heavy atom. The van der Waals surface area contributed by atoms with Gasteiger partial charge in [-0.05, 0) is 37.7 Å². The van der Waals surface area contributed by atoms with E-state index in [0.29, 0.717) is 11.6 Å². The lowest BCUT2D eigenvalue weighted by Gasteiger charge is -2.10. The highest BCUT2D eigenvalue weighted by Crippen LogP contribution is 2.28. The van der Waals surface area contributed by atoms with E-state index in [1.807, 2.05) is 30.3 Å². The topological polar surface area (TPSA) is 68.0 Å². The van der Waals surface area contributed by atoms with Crippen molar-refractivity contribution in [3.63, 3.8) is 0 Å². The predicted molar refractivity (Wildman–Crippen MR) is 90.1 cm³/mol. The van der Waals surface area contributed by atoms with Crippen molar-refractivity contribution < 1.29 is 4.79 Å². The Hall–Kier alpha value is -1.72. The number of carbonyl (C=O) groups is 1. The monoisotopic (exact) mass is 315 g/mol. The van der Waals surface area contributed by atoms with Gasteiger partial charge in [-0.2, -0.15) is 0 Å². The van der Waals surface area contributed by atoms with Crippen molar-refractivity contribution in [3.8, 4) is 0 Å². The van der Waals surface area contributed by atoms with Gasteiger partial charge in [0, 0.05) is 4.88 Å². The van der Waals surface area contributed by atoms with Crippen LogP contribution in [0.3, 0.4) is 0 Å². The Morgan fingerprint density at radius 1 is 1.23 bits per heavy atom. The van der Waals surface area contributed by atoms with E-state index in [1.165, 1.54) is 24.1 Å². The molecule has 22 heavy (non-hydrogen) atoms. The summed E-state index contributed by atoms with van der Waals surface area (Å²) in [6, 6.07) is 9.29. The smallest absolute Gasteiger partial charge is 0.243 e. The zero-order chi connectivity index (χ0) is 15.4. The van der Waals surface area contributed by atoms with E-state index in [2.05, 4.69) is 10.3 Å². The molecule has 1 aromatic heterocycles. The minimum Gasteiger partial charge on any atom is -0.320 e. The van der Waals surface area contributed by atoms with Crippen LogP contribution in [0.2, 0.25) is 0 Å². The number of nitrogens with one attached hydrogen (secondary N) is 1. The van der Waals surface area contributed by atoms with Crippen molar-refractivity contribution in [3.05, 3.63) is 46.5 Å². The first-order valence-corrected chi connectivity index (χ1v) is 8.63. The fraction of sp³-hybridized carbons (Fsp3) is 0.412. The number of nitrogens with zero attached hydrogens (tertiary/aromatic N) is 1. The molecule has 4 nitrogen and oxygen atoms in total. The number of hydrogen-bond acceptors (Lipinski definition) is 4. The Morgan fingerprint density at radius 3 is 2.82 bits per heavy atom. The van der Waals surface area contributed by atoms with Crippen molar-refractivity contribution in [2.24, 2.45) is 5.73 Å². The Kier molecular flexibility index (Phi) is 4.85. The molecule has 0 radical (unpaired) electrons. The lowest BCUT2D eigenvalue weighted by atomic mass is 10.1. The summed E-state index contributed by atoms with van der Waals surface area (Å²) in [6.07, 6.45) is 6.33. The first-order valence-electron chi connectivity index (χ1n) is 7.81. The quantitative estimate of drug-likeness (QED) is 0.852. The van der Waals surface area contributed by atoms with Gasteiger partial charge in [0.25, 0.3) is 0 Å². The highest BCUT2D eigenvalue weighted by Gasteiger charge is 2.18. The second kappa shape index (κ2) is 7.03. The third-order valence-corrected chi connectivity index (χ3v) is 5.03. The molecule has 1 amide bonds. The van der Waals surface area contributed by atoms with Gasteiger partial charge in [0.15, 0.2) is 5.13 Å². The van der Waals surface area contributed by atoms with E-state index in [-0.39, 0.29) is 5.91 Å². The second-order valence-electron chi connectivity index (χ2n) is 5.74. The van der Waals surface area contributed by atoms with Crippen LogP contribution in [-0.4, -0.2) is 16.9 Å². The number of anilines is 1. The number of hydrogen-bond donors (Lipinski definition) is 2. The standard InChI is InChI=1S/C17H21N3OS/c18-13(11-12-7-3-1-4-8-12)16(21)20-17-19-14-9-5-2-6-10-15(14)22-17/h1,3-4,7-8,13H,2,5-6,9-11,18H2,(H,19,20,21). The molecule has 1 aromatic carbocycles. The maximum atomic E-state index is 12.2. The second-order valence-corrected chi connectivity index (χ2v) is 6.82. The SMILES string of the molecule is NC(Cc1ccccc1)C(=O)Nc1nc2c(s1)CCCCC2. The normalized spacial score (nSPS) is 15.7. The van der Waals surface area contributed by atoms with Gasteiger partial charge in [0.1, 0.15) is 0 Å². The van der Waals surface area contributed by atoms with Crippen molar-refractivity contribution in [2.45, 2.75) is 44.6 Å². The van der Waals surface area contributed by atoms with E-state index in [4.69, 9.17) is 5.73 Å². The number of aromatic nitrogens is 1. The van der Waals surface area contributed by atoms with Crippen LogP contribution in [-0.2, 0) is 24.1 Å². The molecule has 5 heteroatoms. The molecule has 0 spiro atoms. The molecular weight excluding hydrogens is 294 g/mol. The lowest BCUT2D eigenvalue weighted by molar-refractivity contribution is -0.117. The summed E-state index contributed by atoms with van der Waals surface area (Å²) >= 11 is 1.60. The highest BCUT2D eigenvalue weighted by molar-refractivity contribution is 7.15. The molecule has 0 aliphatic heterocycles. The summed E-state index contributed by atoms with van der Waals surface area (Å²) in [7, 11) is 0. The summed E-state index contributed by atoms with van der Waals surface area (Å²) in [5, 5.41) is 3.58. The zero-order valence-corrected chi connectivity index (χ0v) is 13.4. The van der Waals surface area contributed by atoms with Gasteiger partial charge >= 0.3 is 0 Å². The fourth-order valence-corrected chi connectivity index (χ4v) is 3.79. The molecule has 116 valence electrons. The largest absolute Gasteiger partial charge is 0.320 e. The predicted octanol–water partition coefficient (Wildman–Crippen LogP) is 2.92. The molecule has 0 fully saturated rings. The van der Waals surface area contributed by atoms with Crippen molar-refractivity contribution in [1.82, 2.24) is 4.98 Å². The first kappa shape index (κ1) is 15.2. The number of aryl methyl sites for hydroxylation is 2. The van der Waals surface area contributed by atoms with Crippen LogP contribution in [0.25, 0.3) is 0 Å². The Labute approximate surface area is 134 Å². The summed E-state index contributed by atoms with van der Waals surface area (Å²) in [4.78, 5) is 18.1. The molecule has 1 atom stereocenters. The minimum absolute atomic E-state index is 0.159. The van der Waals surface area contributed by atoms with Crippen molar-refractivity contribution in [2.75, 3.05) is 5.32 Å². The van der Waals surface area contributed by atoms with Crippen molar-refractivity contribution >= 4 is 22.4 Å². The van der Waals surface area contributed by atoms with Gasteiger partial charge < -0.3 is 11.1 Å². The van der Waals surface area contributed by atoms with Gasteiger partial charge in [-0.1, -0.05) is 36.8 Å². The van der Waals surface area contributed by atoms with Gasteiger partial charge in [-0.3, -0.25) is 4.79 Å².